The number of carbonyl (C=O) groups excluding carboxylic acids is 2. The fourth-order valence-electron chi connectivity index (χ4n) is 4.56. The number of halogens is 1. The summed E-state index contributed by atoms with van der Waals surface area (Å²) >= 11 is 0. The number of methoxy groups -OCH3 is 1. The molecule has 0 aliphatic carbocycles. The van der Waals surface area contributed by atoms with Crippen molar-refractivity contribution >= 4 is 17.6 Å². The van der Waals surface area contributed by atoms with Gasteiger partial charge in [0.15, 0.2) is 0 Å². The summed E-state index contributed by atoms with van der Waals surface area (Å²) in [5.74, 6) is -0.826. The number of hydrogen-bond donors (Lipinski definition) is 0. The Morgan fingerprint density at radius 2 is 1.61 bits per heavy atom. The number of anilines is 1. The minimum atomic E-state index is -0.491. The average molecular weight is 426 g/mol. The number of hydrogen-bond acceptors (Lipinski definition) is 5. The van der Waals surface area contributed by atoms with Gasteiger partial charge in [-0.3, -0.25) is 9.69 Å². The normalized spacial score (nSPS) is 19.9. The van der Waals surface area contributed by atoms with E-state index in [4.69, 9.17) is 4.74 Å². The molecule has 6 nitrogen and oxygen atoms in total. The highest BCUT2D eigenvalue weighted by Crippen LogP contribution is 2.23. The second-order valence-corrected chi connectivity index (χ2v) is 8.08. The summed E-state index contributed by atoms with van der Waals surface area (Å²) in [6, 6.07) is 13.8. The van der Waals surface area contributed by atoms with E-state index in [-0.39, 0.29) is 11.7 Å². The lowest BCUT2D eigenvalue weighted by atomic mass is 10.0. The third-order valence-corrected chi connectivity index (χ3v) is 6.27. The molecule has 2 saturated heterocycles. The van der Waals surface area contributed by atoms with E-state index in [9.17, 15) is 14.0 Å². The number of ether oxygens (including phenoxy) is 1. The summed E-state index contributed by atoms with van der Waals surface area (Å²) in [4.78, 5) is 31.9. The molecule has 2 aromatic rings. The fraction of sp³-hybridized carbons (Fsp3) is 0.417. The van der Waals surface area contributed by atoms with Gasteiger partial charge in [-0.05, 0) is 49.2 Å². The smallest absolute Gasteiger partial charge is 0.338 e. The molecule has 2 aliphatic heterocycles. The van der Waals surface area contributed by atoms with Crippen molar-refractivity contribution in [3.8, 4) is 0 Å². The van der Waals surface area contributed by atoms with E-state index in [1.165, 1.54) is 19.2 Å². The summed E-state index contributed by atoms with van der Waals surface area (Å²) in [5, 5.41) is 0. The molecule has 0 spiro atoms. The van der Waals surface area contributed by atoms with Crippen LogP contribution in [0, 0.1) is 5.82 Å². The number of amides is 1. The Labute approximate surface area is 182 Å². The minimum Gasteiger partial charge on any atom is -0.465 e. The zero-order chi connectivity index (χ0) is 21.8. The van der Waals surface area contributed by atoms with Crippen molar-refractivity contribution in [1.29, 1.82) is 0 Å². The number of esters is 1. The molecule has 0 unspecified atom stereocenters. The molecule has 31 heavy (non-hydrogen) atoms. The van der Waals surface area contributed by atoms with Gasteiger partial charge < -0.3 is 14.5 Å². The molecule has 2 aliphatic rings. The quantitative estimate of drug-likeness (QED) is 0.705. The van der Waals surface area contributed by atoms with Gasteiger partial charge in [-0.2, -0.15) is 0 Å². The Morgan fingerprint density at radius 3 is 2.29 bits per heavy atom. The molecule has 0 saturated carbocycles. The van der Waals surface area contributed by atoms with Crippen LogP contribution in [0.2, 0.25) is 0 Å². The predicted octanol–water partition coefficient (Wildman–Crippen LogP) is 3.04. The van der Waals surface area contributed by atoms with Gasteiger partial charge in [0.2, 0.25) is 0 Å². The summed E-state index contributed by atoms with van der Waals surface area (Å²) in [7, 11) is 1.33. The Morgan fingerprint density at radius 1 is 0.935 bits per heavy atom. The molecule has 0 aromatic heterocycles. The van der Waals surface area contributed by atoms with E-state index in [0.29, 0.717) is 30.3 Å². The highest BCUT2D eigenvalue weighted by Gasteiger charge is 2.31. The number of piperazine rings is 1. The number of carbonyl (C=O) groups is 2. The molecular formula is C24H28FN3O3. The SMILES string of the molecule is COC(=O)c1ccccc1C(=O)N1CCC[C@@H](N2CCN(c3ccc(F)cc3)CC2)C1. The standard InChI is InChI=1S/C24H28FN3O3/c1-31-24(30)22-7-3-2-6-21(22)23(29)28-12-4-5-20(17-28)27-15-13-26(14-16-27)19-10-8-18(25)9-11-19/h2-3,6-11,20H,4-5,12-17H2,1H3/t20-/m1/s1. The monoisotopic (exact) mass is 425 g/mol. The van der Waals surface area contributed by atoms with Gasteiger partial charge in [-0.25, -0.2) is 9.18 Å². The second kappa shape index (κ2) is 9.47. The molecule has 7 heteroatoms. The Hall–Kier alpha value is -2.93. The zero-order valence-electron chi connectivity index (χ0n) is 17.8. The van der Waals surface area contributed by atoms with Crippen LogP contribution in [-0.4, -0.2) is 74.1 Å². The number of benzene rings is 2. The van der Waals surface area contributed by atoms with Crippen LogP contribution in [0.15, 0.2) is 48.5 Å². The van der Waals surface area contributed by atoms with Crippen molar-refractivity contribution in [1.82, 2.24) is 9.80 Å². The van der Waals surface area contributed by atoms with Crippen LogP contribution in [0.4, 0.5) is 10.1 Å². The summed E-state index contributed by atoms with van der Waals surface area (Å²) in [6.45, 7) is 4.92. The van der Waals surface area contributed by atoms with Gasteiger partial charge in [0, 0.05) is 51.0 Å². The Kier molecular flexibility index (Phi) is 6.51. The lowest BCUT2D eigenvalue weighted by Crippen LogP contribution is -2.56. The first-order chi connectivity index (χ1) is 15.1. The lowest BCUT2D eigenvalue weighted by molar-refractivity contribution is 0.0539. The van der Waals surface area contributed by atoms with E-state index >= 15 is 0 Å². The molecular weight excluding hydrogens is 397 g/mol. The van der Waals surface area contributed by atoms with Crippen LogP contribution in [-0.2, 0) is 4.74 Å². The number of likely N-dealkylation sites (tertiary alicyclic amines) is 1. The Balaban J connectivity index is 1.39. The van der Waals surface area contributed by atoms with Gasteiger partial charge in [0.05, 0.1) is 18.2 Å². The van der Waals surface area contributed by atoms with Crippen LogP contribution in [0.5, 0.6) is 0 Å². The first-order valence-corrected chi connectivity index (χ1v) is 10.8. The third kappa shape index (κ3) is 4.71. The maximum absolute atomic E-state index is 13.2. The lowest BCUT2D eigenvalue weighted by Gasteiger charge is -2.44. The highest BCUT2D eigenvalue weighted by molar-refractivity contribution is 6.05. The highest BCUT2D eigenvalue weighted by atomic mass is 19.1. The largest absolute Gasteiger partial charge is 0.465 e. The van der Waals surface area contributed by atoms with E-state index < -0.39 is 5.97 Å². The van der Waals surface area contributed by atoms with Crippen LogP contribution in [0.3, 0.4) is 0 Å². The van der Waals surface area contributed by atoms with E-state index in [1.54, 1.807) is 24.3 Å². The van der Waals surface area contributed by atoms with Gasteiger partial charge in [-0.1, -0.05) is 12.1 Å². The average Bonchev–Trinajstić information content (AvgIpc) is 2.84. The van der Waals surface area contributed by atoms with Crippen LogP contribution in [0.1, 0.15) is 33.6 Å². The van der Waals surface area contributed by atoms with E-state index in [0.717, 1.165) is 44.7 Å². The van der Waals surface area contributed by atoms with Gasteiger partial charge in [-0.15, -0.1) is 0 Å². The maximum Gasteiger partial charge on any atom is 0.338 e. The van der Waals surface area contributed by atoms with Gasteiger partial charge in [0.1, 0.15) is 5.82 Å². The molecule has 2 aromatic carbocycles. The number of piperidine rings is 1. The zero-order valence-corrected chi connectivity index (χ0v) is 17.8. The second-order valence-electron chi connectivity index (χ2n) is 8.08. The summed E-state index contributed by atoms with van der Waals surface area (Å²) in [6.07, 6.45) is 1.99. The van der Waals surface area contributed by atoms with Crippen LogP contribution in [0.25, 0.3) is 0 Å². The summed E-state index contributed by atoms with van der Waals surface area (Å²) < 4.78 is 18.0. The van der Waals surface area contributed by atoms with Crippen LogP contribution < -0.4 is 4.90 Å². The van der Waals surface area contributed by atoms with Crippen molar-refractivity contribution in [2.75, 3.05) is 51.3 Å². The third-order valence-electron chi connectivity index (χ3n) is 6.27. The first kappa shape index (κ1) is 21.3. The Bertz CT molecular complexity index is 926. The predicted molar refractivity (Wildman–Crippen MR) is 117 cm³/mol. The molecule has 2 fully saturated rings. The maximum atomic E-state index is 13.2. The molecule has 0 N–H and O–H groups in total. The fourth-order valence-corrected chi connectivity index (χ4v) is 4.56. The van der Waals surface area contributed by atoms with Crippen molar-refractivity contribution in [2.45, 2.75) is 18.9 Å². The van der Waals surface area contributed by atoms with Gasteiger partial charge >= 0.3 is 5.97 Å². The van der Waals surface area contributed by atoms with Crippen molar-refractivity contribution < 1.29 is 18.7 Å². The number of nitrogens with zero attached hydrogens (tertiary/aromatic N) is 3. The molecule has 0 radical (unpaired) electrons. The molecule has 2 heterocycles. The van der Waals surface area contributed by atoms with Gasteiger partial charge in [0.25, 0.3) is 5.91 Å². The van der Waals surface area contributed by atoms with Crippen molar-refractivity contribution in [3.05, 3.63) is 65.5 Å². The van der Waals surface area contributed by atoms with E-state index in [1.807, 2.05) is 17.0 Å². The number of rotatable bonds is 4. The topological polar surface area (TPSA) is 53.1 Å². The molecule has 1 amide bonds. The molecule has 1 atom stereocenters. The summed E-state index contributed by atoms with van der Waals surface area (Å²) in [5.41, 5.74) is 1.75. The van der Waals surface area contributed by atoms with Crippen LogP contribution >= 0.6 is 0 Å². The molecule has 164 valence electrons. The first-order valence-electron chi connectivity index (χ1n) is 10.8. The molecule has 0 bridgehead atoms. The van der Waals surface area contributed by atoms with E-state index in [2.05, 4.69) is 9.80 Å². The molecule has 4 rings (SSSR count). The van der Waals surface area contributed by atoms with Crippen molar-refractivity contribution in [2.24, 2.45) is 0 Å². The minimum absolute atomic E-state index is 0.115. The van der Waals surface area contributed by atoms with Crippen molar-refractivity contribution in [3.63, 3.8) is 0 Å².